The summed E-state index contributed by atoms with van der Waals surface area (Å²) >= 11 is 0. The number of rotatable bonds is 5. The van der Waals surface area contributed by atoms with Gasteiger partial charge in [-0.1, -0.05) is 32.6 Å². The molecule has 2 fully saturated rings. The van der Waals surface area contributed by atoms with E-state index in [1.165, 1.54) is 51.4 Å². The summed E-state index contributed by atoms with van der Waals surface area (Å²) in [6.07, 6.45) is 11.5. The third-order valence-corrected chi connectivity index (χ3v) is 4.13. The molecule has 2 aliphatic rings. The van der Waals surface area contributed by atoms with Crippen molar-refractivity contribution in [2.45, 2.75) is 70.4 Å². The average Bonchev–Trinajstić information content (AvgIpc) is 2.77. The molecule has 0 aliphatic heterocycles. The number of hydrogen-bond acceptors (Lipinski definition) is 2. The maximum absolute atomic E-state index is 5.95. The van der Waals surface area contributed by atoms with E-state index in [0.29, 0.717) is 6.10 Å². The van der Waals surface area contributed by atoms with E-state index in [9.17, 15) is 0 Å². The molecule has 0 aromatic rings. The molecule has 0 radical (unpaired) electrons. The summed E-state index contributed by atoms with van der Waals surface area (Å²) in [6, 6.07) is 0.786. The van der Waals surface area contributed by atoms with Crippen LogP contribution < -0.4 is 5.32 Å². The van der Waals surface area contributed by atoms with Crippen LogP contribution in [0.4, 0.5) is 0 Å². The van der Waals surface area contributed by atoms with E-state index >= 15 is 0 Å². The van der Waals surface area contributed by atoms with Gasteiger partial charge in [0.1, 0.15) is 0 Å². The van der Waals surface area contributed by atoms with Crippen molar-refractivity contribution in [1.29, 1.82) is 0 Å². The van der Waals surface area contributed by atoms with Crippen molar-refractivity contribution in [3.05, 3.63) is 0 Å². The van der Waals surface area contributed by atoms with Gasteiger partial charge in [-0.3, -0.25) is 0 Å². The molecule has 0 saturated heterocycles. The van der Waals surface area contributed by atoms with Crippen LogP contribution in [-0.4, -0.2) is 25.3 Å². The van der Waals surface area contributed by atoms with E-state index in [4.69, 9.17) is 4.74 Å². The summed E-state index contributed by atoms with van der Waals surface area (Å²) in [7, 11) is 0. The van der Waals surface area contributed by atoms with Crippen molar-refractivity contribution in [2.24, 2.45) is 5.92 Å². The van der Waals surface area contributed by atoms with Crippen molar-refractivity contribution < 1.29 is 4.74 Å². The molecule has 2 nitrogen and oxygen atoms in total. The molecule has 0 bridgehead atoms. The fourth-order valence-electron chi connectivity index (χ4n) is 3.15. The second kappa shape index (κ2) is 6.61. The van der Waals surface area contributed by atoms with Crippen LogP contribution >= 0.6 is 0 Å². The molecule has 2 saturated carbocycles. The first kappa shape index (κ1) is 12.4. The molecule has 0 aromatic carbocycles. The highest BCUT2D eigenvalue weighted by Gasteiger charge is 2.19. The summed E-state index contributed by atoms with van der Waals surface area (Å²) in [5, 5.41) is 3.61. The lowest BCUT2D eigenvalue weighted by atomic mass is 9.89. The van der Waals surface area contributed by atoms with Crippen molar-refractivity contribution in [3.8, 4) is 0 Å². The minimum absolute atomic E-state index is 0.550. The van der Waals surface area contributed by atoms with Crippen molar-refractivity contribution >= 4 is 0 Å². The standard InChI is InChI=1S/C14H27NO/c1-12-5-4-8-14(11-12)16-10-9-15-13-6-2-3-7-13/h12-15H,2-11H2,1H3. The molecule has 2 heteroatoms. The van der Waals surface area contributed by atoms with Gasteiger partial charge in [-0.2, -0.15) is 0 Å². The summed E-state index contributed by atoms with van der Waals surface area (Å²) in [6.45, 7) is 4.32. The Labute approximate surface area is 100 Å². The van der Waals surface area contributed by atoms with Crippen molar-refractivity contribution in [1.82, 2.24) is 5.32 Å². The third-order valence-electron chi connectivity index (χ3n) is 4.13. The number of ether oxygens (including phenoxy) is 1. The van der Waals surface area contributed by atoms with E-state index in [1.54, 1.807) is 0 Å². The zero-order valence-electron chi connectivity index (χ0n) is 10.7. The van der Waals surface area contributed by atoms with E-state index < -0.39 is 0 Å². The summed E-state index contributed by atoms with van der Waals surface area (Å²) in [5.41, 5.74) is 0. The van der Waals surface area contributed by atoms with Crippen LogP contribution in [0, 0.1) is 5.92 Å². The fourth-order valence-corrected chi connectivity index (χ4v) is 3.15. The molecule has 0 spiro atoms. The van der Waals surface area contributed by atoms with Crippen LogP contribution in [0.2, 0.25) is 0 Å². The van der Waals surface area contributed by atoms with Gasteiger partial charge in [-0.25, -0.2) is 0 Å². The van der Waals surface area contributed by atoms with E-state index in [2.05, 4.69) is 12.2 Å². The highest BCUT2D eigenvalue weighted by atomic mass is 16.5. The zero-order valence-corrected chi connectivity index (χ0v) is 10.7. The number of hydrogen-bond donors (Lipinski definition) is 1. The van der Waals surface area contributed by atoms with E-state index in [-0.39, 0.29) is 0 Å². The Morgan fingerprint density at radius 3 is 2.62 bits per heavy atom. The maximum atomic E-state index is 5.95. The lowest BCUT2D eigenvalue weighted by Gasteiger charge is -2.27. The predicted octanol–water partition coefficient (Wildman–Crippen LogP) is 3.11. The summed E-state index contributed by atoms with van der Waals surface area (Å²) < 4.78 is 5.95. The van der Waals surface area contributed by atoms with Gasteiger partial charge in [0, 0.05) is 12.6 Å². The van der Waals surface area contributed by atoms with Gasteiger partial charge in [-0.05, 0) is 31.6 Å². The smallest absolute Gasteiger partial charge is 0.0594 e. The van der Waals surface area contributed by atoms with Crippen LogP contribution in [0.5, 0.6) is 0 Å². The molecule has 2 aliphatic carbocycles. The largest absolute Gasteiger partial charge is 0.377 e. The molecular weight excluding hydrogens is 198 g/mol. The molecule has 94 valence electrons. The van der Waals surface area contributed by atoms with E-state index in [1.807, 2.05) is 0 Å². The molecule has 2 atom stereocenters. The van der Waals surface area contributed by atoms with Gasteiger partial charge >= 0.3 is 0 Å². The number of nitrogens with one attached hydrogen (secondary N) is 1. The third kappa shape index (κ3) is 4.06. The highest BCUT2D eigenvalue weighted by molar-refractivity contribution is 4.74. The molecule has 16 heavy (non-hydrogen) atoms. The van der Waals surface area contributed by atoms with Gasteiger partial charge in [0.25, 0.3) is 0 Å². The first-order valence-electron chi connectivity index (χ1n) is 7.19. The monoisotopic (exact) mass is 225 g/mol. The Bertz CT molecular complexity index is 189. The summed E-state index contributed by atoms with van der Waals surface area (Å²) in [4.78, 5) is 0. The van der Waals surface area contributed by atoms with Gasteiger partial charge in [0.05, 0.1) is 12.7 Å². The normalized spacial score (nSPS) is 32.1. The SMILES string of the molecule is CC1CCCC(OCCNC2CCCC2)C1. The van der Waals surface area contributed by atoms with Crippen LogP contribution in [0.25, 0.3) is 0 Å². The zero-order chi connectivity index (χ0) is 11.2. The van der Waals surface area contributed by atoms with Gasteiger partial charge < -0.3 is 10.1 Å². The molecule has 0 amide bonds. The molecule has 0 heterocycles. The Balaban J connectivity index is 1.50. The van der Waals surface area contributed by atoms with Crippen LogP contribution in [0.1, 0.15) is 58.3 Å². The Hall–Kier alpha value is -0.0800. The lowest BCUT2D eigenvalue weighted by molar-refractivity contribution is 0.0166. The van der Waals surface area contributed by atoms with Gasteiger partial charge in [0.2, 0.25) is 0 Å². The quantitative estimate of drug-likeness (QED) is 0.726. The molecular formula is C14H27NO. The highest BCUT2D eigenvalue weighted by Crippen LogP contribution is 2.25. The minimum Gasteiger partial charge on any atom is -0.377 e. The average molecular weight is 225 g/mol. The second-order valence-electron chi connectivity index (χ2n) is 5.70. The maximum Gasteiger partial charge on any atom is 0.0594 e. The first-order valence-corrected chi connectivity index (χ1v) is 7.19. The van der Waals surface area contributed by atoms with Gasteiger partial charge in [-0.15, -0.1) is 0 Å². The van der Waals surface area contributed by atoms with Crippen LogP contribution in [0.3, 0.4) is 0 Å². The minimum atomic E-state index is 0.550. The molecule has 0 aromatic heterocycles. The Morgan fingerprint density at radius 1 is 1.06 bits per heavy atom. The van der Waals surface area contributed by atoms with Crippen molar-refractivity contribution in [3.63, 3.8) is 0 Å². The summed E-state index contributed by atoms with van der Waals surface area (Å²) in [5.74, 6) is 0.876. The van der Waals surface area contributed by atoms with Crippen molar-refractivity contribution in [2.75, 3.05) is 13.2 Å². The second-order valence-corrected chi connectivity index (χ2v) is 5.70. The Morgan fingerprint density at radius 2 is 1.88 bits per heavy atom. The molecule has 1 N–H and O–H groups in total. The predicted molar refractivity (Wildman–Crippen MR) is 67.6 cm³/mol. The van der Waals surface area contributed by atoms with Crippen LogP contribution in [-0.2, 0) is 4.74 Å². The van der Waals surface area contributed by atoms with Gasteiger partial charge in [0.15, 0.2) is 0 Å². The van der Waals surface area contributed by atoms with E-state index in [0.717, 1.165) is 25.1 Å². The Kier molecular flexibility index (Phi) is 5.11. The lowest BCUT2D eigenvalue weighted by Crippen LogP contribution is -2.31. The van der Waals surface area contributed by atoms with Crippen LogP contribution in [0.15, 0.2) is 0 Å². The topological polar surface area (TPSA) is 21.3 Å². The molecule has 2 unspecified atom stereocenters. The fraction of sp³-hybridized carbons (Fsp3) is 1.00. The first-order chi connectivity index (χ1) is 7.84. The molecule has 2 rings (SSSR count).